The molecule has 1 N–H and O–H groups in total. The zero-order valence-corrected chi connectivity index (χ0v) is 18.7. The minimum Gasteiger partial charge on any atom is -0.302 e. The van der Waals surface area contributed by atoms with Gasteiger partial charge in [-0.15, -0.1) is 11.3 Å². The molecule has 0 spiro atoms. The summed E-state index contributed by atoms with van der Waals surface area (Å²) in [5, 5.41) is 4.88. The number of sulfone groups is 1. The van der Waals surface area contributed by atoms with Gasteiger partial charge in [-0.2, -0.15) is 0 Å². The van der Waals surface area contributed by atoms with Gasteiger partial charge >= 0.3 is 0 Å². The van der Waals surface area contributed by atoms with Crippen LogP contribution in [-0.4, -0.2) is 48.8 Å². The third kappa shape index (κ3) is 4.54. The number of imide groups is 1. The van der Waals surface area contributed by atoms with Crippen molar-refractivity contribution in [3.05, 3.63) is 29.6 Å². The van der Waals surface area contributed by atoms with E-state index in [2.05, 4.69) is 10.3 Å². The highest BCUT2D eigenvalue weighted by Gasteiger charge is 2.47. The van der Waals surface area contributed by atoms with Crippen LogP contribution in [0.15, 0.2) is 34.5 Å². The normalized spacial score (nSPS) is 21.3. The van der Waals surface area contributed by atoms with Gasteiger partial charge in [-0.3, -0.25) is 19.3 Å². The maximum absolute atomic E-state index is 12.5. The van der Waals surface area contributed by atoms with Gasteiger partial charge in [-0.25, -0.2) is 13.4 Å². The number of benzene rings is 1. The lowest BCUT2D eigenvalue weighted by atomic mass is 9.81. The largest absolute Gasteiger partial charge is 0.302 e. The van der Waals surface area contributed by atoms with Crippen molar-refractivity contribution in [3.63, 3.8) is 0 Å². The molecule has 3 amide bonds. The fourth-order valence-corrected chi connectivity index (χ4v) is 5.55. The molecule has 1 saturated carbocycles. The highest BCUT2D eigenvalue weighted by Crippen LogP contribution is 2.38. The quantitative estimate of drug-likeness (QED) is 0.662. The Morgan fingerprint density at radius 2 is 1.74 bits per heavy atom. The molecule has 0 bridgehead atoms. The molecule has 2 heterocycles. The van der Waals surface area contributed by atoms with Gasteiger partial charge in [-0.05, 0) is 25.0 Å². The Labute approximate surface area is 184 Å². The average Bonchev–Trinajstić information content (AvgIpc) is 3.30. The highest BCUT2D eigenvalue weighted by molar-refractivity contribution is 7.90. The number of likely N-dealkylation sites (tertiary alicyclic amines) is 1. The number of amides is 3. The first-order valence-corrected chi connectivity index (χ1v) is 12.9. The molecule has 0 radical (unpaired) electrons. The number of aromatic nitrogens is 1. The fraction of sp³-hybridized carbons (Fsp3) is 0.429. The molecular weight excluding hydrogens is 438 g/mol. The Bertz CT molecular complexity index is 1100. The lowest BCUT2D eigenvalue weighted by molar-refractivity contribution is -0.140. The van der Waals surface area contributed by atoms with E-state index in [1.54, 1.807) is 17.5 Å². The molecule has 1 aliphatic carbocycles. The van der Waals surface area contributed by atoms with Crippen molar-refractivity contribution in [1.29, 1.82) is 0 Å². The van der Waals surface area contributed by atoms with Crippen LogP contribution in [0.5, 0.6) is 0 Å². The van der Waals surface area contributed by atoms with Gasteiger partial charge in [0.15, 0.2) is 15.0 Å². The van der Waals surface area contributed by atoms with Gasteiger partial charge in [0.25, 0.3) is 0 Å². The first-order chi connectivity index (χ1) is 14.7. The fourth-order valence-electron chi connectivity index (χ4n) is 4.18. The third-order valence-corrected chi connectivity index (χ3v) is 7.71. The number of carbonyl (C=O) groups is 3. The van der Waals surface area contributed by atoms with Crippen LogP contribution < -0.4 is 5.32 Å². The summed E-state index contributed by atoms with van der Waals surface area (Å²) in [6, 6.07) is 6.37. The van der Waals surface area contributed by atoms with Crippen LogP contribution in [0, 0.1) is 11.8 Å². The van der Waals surface area contributed by atoms with Crippen molar-refractivity contribution in [3.8, 4) is 11.3 Å². The van der Waals surface area contributed by atoms with E-state index >= 15 is 0 Å². The summed E-state index contributed by atoms with van der Waals surface area (Å²) in [5.74, 6) is -1.02. The summed E-state index contributed by atoms with van der Waals surface area (Å²) >= 11 is 1.25. The molecule has 4 rings (SSSR count). The second-order valence-corrected chi connectivity index (χ2v) is 10.8. The highest BCUT2D eigenvalue weighted by atomic mass is 32.2. The van der Waals surface area contributed by atoms with Gasteiger partial charge in [-0.1, -0.05) is 25.0 Å². The van der Waals surface area contributed by atoms with Crippen molar-refractivity contribution in [1.82, 2.24) is 9.88 Å². The first kappa shape index (κ1) is 21.6. The number of thiazole rings is 1. The van der Waals surface area contributed by atoms with E-state index in [0.717, 1.165) is 37.5 Å². The molecule has 1 saturated heterocycles. The first-order valence-electron chi connectivity index (χ1n) is 10.1. The number of rotatable bonds is 6. The van der Waals surface area contributed by atoms with E-state index in [4.69, 9.17) is 0 Å². The molecule has 31 heavy (non-hydrogen) atoms. The smallest absolute Gasteiger partial charge is 0.233 e. The zero-order chi connectivity index (χ0) is 22.2. The van der Waals surface area contributed by atoms with Gasteiger partial charge in [0.05, 0.1) is 22.4 Å². The predicted octanol–water partition coefficient (Wildman–Crippen LogP) is 2.72. The van der Waals surface area contributed by atoms with Gasteiger partial charge in [0.2, 0.25) is 17.7 Å². The molecule has 1 aromatic heterocycles. The molecule has 1 aliphatic heterocycles. The van der Waals surface area contributed by atoms with E-state index < -0.39 is 9.84 Å². The van der Waals surface area contributed by atoms with Crippen LogP contribution in [0.4, 0.5) is 5.13 Å². The maximum Gasteiger partial charge on any atom is 0.233 e. The average molecular weight is 462 g/mol. The van der Waals surface area contributed by atoms with Crippen LogP contribution in [0.1, 0.15) is 32.1 Å². The van der Waals surface area contributed by atoms with Gasteiger partial charge in [0.1, 0.15) is 0 Å². The summed E-state index contributed by atoms with van der Waals surface area (Å²) in [6.07, 6.45) is 4.62. The minimum absolute atomic E-state index is 0.0227. The summed E-state index contributed by atoms with van der Waals surface area (Å²) < 4.78 is 23.1. The molecule has 1 aromatic carbocycles. The monoisotopic (exact) mass is 461 g/mol. The van der Waals surface area contributed by atoms with Crippen LogP contribution >= 0.6 is 11.3 Å². The van der Waals surface area contributed by atoms with Crippen LogP contribution in [0.25, 0.3) is 11.3 Å². The van der Waals surface area contributed by atoms with Gasteiger partial charge < -0.3 is 5.32 Å². The van der Waals surface area contributed by atoms with Crippen LogP contribution in [0.2, 0.25) is 0 Å². The van der Waals surface area contributed by atoms with E-state index in [-0.39, 0.29) is 47.4 Å². The lowest BCUT2D eigenvalue weighted by Gasteiger charge is -2.19. The maximum atomic E-state index is 12.5. The molecule has 8 nitrogen and oxygen atoms in total. The van der Waals surface area contributed by atoms with E-state index in [0.29, 0.717) is 10.8 Å². The van der Waals surface area contributed by atoms with Crippen molar-refractivity contribution in [2.45, 2.75) is 37.0 Å². The zero-order valence-electron chi connectivity index (χ0n) is 17.0. The second kappa shape index (κ2) is 8.51. The molecule has 2 aromatic rings. The second-order valence-electron chi connectivity index (χ2n) is 7.96. The summed E-state index contributed by atoms with van der Waals surface area (Å²) in [5.41, 5.74) is 1.36. The number of nitrogens with zero attached hydrogens (tertiary/aromatic N) is 2. The predicted molar refractivity (Wildman–Crippen MR) is 116 cm³/mol. The Morgan fingerprint density at radius 3 is 2.32 bits per heavy atom. The minimum atomic E-state index is -3.27. The molecule has 2 atom stereocenters. The molecule has 10 heteroatoms. The number of fused-ring (bicyclic) bond motifs is 1. The van der Waals surface area contributed by atoms with Crippen molar-refractivity contribution in [2.75, 3.05) is 18.1 Å². The van der Waals surface area contributed by atoms with E-state index in [1.807, 2.05) is 0 Å². The van der Waals surface area contributed by atoms with Crippen molar-refractivity contribution in [2.24, 2.45) is 11.8 Å². The number of anilines is 1. The standard InChI is InChI=1S/C21H23N3O5S2/c1-31(28,29)14-8-6-13(7-9-14)17-12-30-21(22-17)23-18(25)10-11-24-19(26)15-4-2-3-5-16(15)20(24)27/h6-9,12,15-16H,2-5,10-11H2,1H3,(H,22,23,25). The number of hydrogen-bond acceptors (Lipinski definition) is 7. The Hall–Kier alpha value is -2.59. The summed E-state index contributed by atoms with van der Waals surface area (Å²) in [4.78, 5) is 43.2. The van der Waals surface area contributed by atoms with Crippen molar-refractivity contribution >= 4 is 44.0 Å². The summed E-state index contributed by atoms with van der Waals surface area (Å²) in [6.45, 7) is 0.0850. The van der Waals surface area contributed by atoms with Crippen molar-refractivity contribution < 1.29 is 22.8 Å². The Morgan fingerprint density at radius 1 is 1.13 bits per heavy atom. The number of carbonyl (C=O) groups excluding carboxylic acids is 3. The summed E-state index contributed by atoms with van der Waals surface area (Å²) in [7, 11) is -3.27. The van der Waals surface area contributed by atoms with Crippen LogP contribution in [0.3, 0.4) is 0 Å². The van der Waals surface area contributed by atoms with E-state index in [1.165, 1.54) is 28.4 Å². The molecule has 2 fully saturated rings. The Balaban J connectivity index is 1.34. The lowest BCUT2D eigenvalue weighted by Crippen LogP contribution is -2.34. The third-order valence-electron chi connectivity index (χ3n) is 5.82. The molecule has 2 unspecified atom stereocenters. The topological polar surface area (TPSA) is 114 Å². The molecule has 2 aliphatic rings. The molecule has 164 valence electrons. The van der Waals surface area contributed by atoms with E-state index in [9.17, 15) is 22.8 Å². The number of hydrogen-bond donors (Lipinski definition) is 1. The SMILES string of the molecule is CS(=O)(=O)c1ccc(-c2csc(NC(=O)CCN3C(=O)C4CCCCC4C3=O)n2)cc1. The Kier molecular flexibility index (Phi) is 5.94. The van der Waals surface area contributed by atoms with Gasteiger partial charge in [0, 0.05) is 30.2 Å². The van der Waals surface area contributed by atoms with Crippen LogP contribution in [-0.2, 0) is 24.2 Å². The molecular formula is C21H23N3O5S2. The number of nitrogens with one attached hydrogen (secondary N) is 1.